The summed E-state index contributed by atoms with van der Waals surface area (Å²) in [5.74, 6) is 1.85. The SMILES string of the molecule is Nc1cc(N)nc(SCC(=O)N2CCN(CCOc3ccccc3)CC2)n1. The van der Waals surface area contributed by atoms with Gasteiger partial charge in [-0.25, -0.2) is 9.97 Å². The van der Waals surface area contributed by atoms with Crippen LogP contribution in [0.5, 0.6) is 5.75 Å². The molecule has 0 unspecified atom stereocenters. The maximum absolute atomic E-state index is 12.4. The van der Waals surface area contributed by atoms with Crippen LogP contribution in [-0.4, -0.2) is 70.8 Å². The van der Waals surface area contributed by atoms with Crippen molar-refractivity contribution in [2.45, 2.75) is 5.16 Å². The van der Waals surface area contributed by atoms with E-state index in [2.05, 4.69) is 14.9 Å². The maximum Gasteiger partial charge on any atom is 0.233 e. The van der Waals surface area contributed by atoms with Gasteiger partial charge in [-0.2, -0.15) is 0 Å². The maximum atomic E-state index is 12.4. The van der Waals surface area contributed by atoms with E-state index in [-0.39, 0.29) is 11.7 Å². The Kier molecular flexibility index (Phi) is 6.72. The van der Waals surface area contributed by atoms with Gasteiger partial charge in [0.25, 0.3) is 0 Å². The molecule has 0 radical (unpaired) electrons. The first-order valence-electron chi connectivity index (χ1n) is 8.81. The molecule has 0 aliphatic carbocycles. The number of piperazine rings is 1. The van der Waals surface area contributed by atoms with Crippen LogP contribution in [0.4, 0.5) is 11.6 Å². The Morgan fingerprint density at radius 1 is 1.07 bits per heavy atom. The molecule has 4 N–H and O–H groups in total. The summed E-state index contributed by atoms with van der Waals surface area (Å²) in [4.78, 5) is 24.7. The van der Waals surface area contributed by atoms with Crippen LogP contribution in [0.25, 0.3) is 0 Å². The Labute approximate surface area is 162 Å². The summed E-state index contributed by atoms with van der Waals surface area (Å²) in [6.07, 6.45) is 0. The largest absolute Gasteiger partial charge is 0.492 e. The van der Waals surface area contributed by atoms with Gasteiger partial charge in [-0.1, -0.05) is 30.0 Å². The number of carbonyl (C=O) groups excluding carboxylic acids is 1. The van der Waals surface area contributed by atoms with Crippen molar-refractivity contribution < 1.29 is 9.53 Å². The van der Waals surface area contributed by atoms with Gasteiger partial charge in [0, 0.05) is 38.8 Å². The lowest BCUT2D eigenvalue weighted by molar-refractivity contribution is -0.130. The Morgan fingerprint density at radius 3 is 2.41 bits per heavy atom. The third-order valence-electron chi connectivity index (χ3n) is 4.21. The number of para-hydroxylation sites is 1. The van der Waals surface area contributed by atoms with E-state index in [4.69, 9.17) is 16.2 Å². The van der Waals surface area contributed by atoms with E-state index in [9.17, 15) is 4.79 Å². The highest BCUT2D eigenvalue weighted by Crippen LogP contribution is 2.17. The molecule has 2 heterocycles. The number of amides is 1. The summed E-state index contributed by atoms with van der Waals surface area (Å²) in [7, 11) is 0. The Hall–Kier alpha value is -2.52. The van der Waals surface area contributed by atoms with Gasteiger partial charge >= 0.3 is 0 Å². The molecular formula is C18H24N6O2S. The third kappa shape index (κ3) is 6.00. The number of nitrogen functional groups attached to an aromatic ring is 2. The number of nitrogens with two attached hydrogens (primary N) is 2. The molecule has 1 aromatic heterocycles. The predicted octanol–water partition coefficient (Wildman–Crippen LogP) is 0.956. The first kappa shape index (κ1) is 19.2. The van der Waals surface area contributed by atoms with Gasteiger partial charge in [-0.3, -0.25) is 9.69 Å². The molecule has 1 fully saturated rings. The van der Waals surface area contributed by atoms with Crippen molar-refractivity contribution in [1.82, 2.24) is 19.8 Å². The molecule has 1 aliphatic rings. The zero-order valence-electron chi connectivity index (χ0n) is 15.1. The fraction of sp³-hybridized carbons (Fsp3) is 0.389. The minimum Gasteiger partial charge on any atom is -0.492 e. The van der Waals surface area contributed by atoms with Crippen molar-refractivity contribution in [3.63, 3.8) is 0 Å². The van der Waals surface area contributed by atoms with Crippen LogP contribution in [0.2, 0.25) is 0 Å². The molecule has 3 rings (SSSR count). The molecule has 27 heavy (non-hydrogen) atoms. The summed E-state index contributed by atoms with van der Waals surface area (Å²) >= 11 is 1.26. The minimum absolute atomic E-state index is 0.0739. The zero-order valence-corrected chi connectivity index (χ0v) is 15.9. The summed E-state index contributed by atoms with van der Waals surface area (Å²) in [6.45, 7) is 4.60. The van der Waals surface area contributed by atoms with E-state index in [0.29, 0.717) is 36.5 Å². The number of nitrogens with zero attached hydrogens (tertiary/aromatic N) is 4. The first-order chi connectivity index (χ1) is 13.1. The van der Waals surface area contributed by atoms with Gasteiger partial charge in [-0.15, -0.1) is 0 Å². The summed E-state index contributed by atoms with van der Waals surface area (Å²) in [6, 6.07) is 11.3. The second-order valence-electron chi connectivity index (χ2n) is 6.17. The molecular weight excluding hydrogens is 364 g/mol. The second-order valence-corrected chi connectivity index (χ2v) is 7.12. The van der Waals surface area contributed by atoms with Crippen LogP contribution in [0, 0.1) is 0 Å². The average molecular weight is 388 g/mol. The van der Waals surface area contributed by atoms with Gasteiger partial charge in [0.1, 0.15) is 24.0 Å². The lowest BCUT2D eigenvalue weighted by atomic mass is 10.3. The predicted molar refractivity (Wildman–Crippen MR) is 107 cm³/mol. The topological polar surface area (TPSA) is 111 Å². The molecule has 144 valence electrons. The Balaban J connectivity index is 1.36. The van der Waals surface area contributed by atoms with Crippen molar-refractivity contribution in [2.24, 2.45) is 0 Å². The zero-order chi connectivity index (χ0) is 19.1. The van der Waals surface area contributed by atoms with E-state index in [1.54, 1.807) is 0 Å². The molecule has 1 aliphatic heterocycles. The van der Waals surface area contributed by atoms with Crippen molar-refractivity contribution in [2.75, 3.05) is 56.6 Å². The van der Waals surface area contributed by atoms with Gasteiger partial charge < -0.3 is 21.1 Å². The van der Waals surface area contributed by atoms with E-state index in [1.165, 1.54) is 17.8 Å². The standard InChI is InChI=1S/C18H24N6O2S/c19-15-12-16(20)22-18(21-15)27-13-17(25)24-8-6-23(7-9-24)10-11-26-14-4-2-1-3-5-14/h1-5,12H,6-11,13H2,(H4,19,20,21,22). The summed E-state index contributed by atoms with van der Waals surface area (Å²) in [5, 5.41) is 0.428. The number of anilines is 2. The highest BCUT2D eigenvalue weighted by atomic mass is 32.2. The molecule has 2 aromatic rings. The smallest absolute Gasteiger partial charge is 0.233 e. The van der Waals surface area contributed by atoms with Crippen molar-refractivity contribution in [1.29, 1.82) is 0 Å². The number of hydrogen-bond acceptors (Lipinski definition) is 8. The molecule has 9 heteroatoms. The molecule has 8 nitrogen and oxygen atoms in total. The van der Waals surface area contributed by atoms with E-state index in [1.807, 2.05) is 35.2 Å². The average Bonchev–Trinajstić information content (AvgIpc) is 2.67. The molecule has 1 amide bonds. The van der Waals surface area contributed by atoms with Crippen LogP contribution in [0.1, 0.15) is 0 Å². The second kappa shape index (κ2) is 9.43. The van der Waals surface area contributed by atoms with Gasteiger partial charge in [0.15, 0.2) is 5.16 Å². The summed E-state index contributed by atoms with van der Waals surface area (Å²) in [5.41, 5.74) is 11.3. The van der Waals surface area contributed by atoms with Crippen molar-refractivity contribution in [3.05, 3.63) is 36.4 Å². The lowest BCUT2D eigenvalue weighted by Crippen LogP contribution is -2.50. The van der Waals surface area contributed by atoms with Crippen LogP contribution in [0.3, 0.4) is 0 Å². The number of carbonyl (C=O) groups is 1. The van der Waals surface area contributed by atoms with Gasteiger partial charge in [0.2, 0.25) is 5.91 Å². The van der Waals surface area contributed by atoms with Crippen LogP contribution in [0.15, 0.2) is 41.6 Å². The molecule has 1 aromatic carbocycles. The fourth-order valence-electron chi connectivity index (χ4n) is 2.77. The fourth-order valence-corrected chi connectivity index (χ4v) is 3.55. The van der Waals surface area contributed by atoms with Gasteiger partial charge in [-0.05, 0) is 12.1 Å². The lowest BCUT2D eigenvalue weighted by Gasteiger charge is -2.34. The molecule has 1 saturated heterocycles. The van der Waals surface area contributed by atoms with Crippen LogP contribution < -0.4 is 16.2 Å². The monoisotopic (exact) mass is 388 g/mol. The normalized spacial score (nSPS) is 14.9. The number of ether oxygens (including phenoxy) is 1. The first-order valence-corrected chi connectivity index (χ1v) is 9.79. The molecule has 0 spiro atoms. The molecule has 0 atom stereocenters. The quantitative estimate of drug-likeness (QED) is 0.533. The van der Waals surface area contributed by atoms with Crippen LogP contribution >= 0.6 is 11.8 Å². The van der Waals surface area contributed by atoms with E-state index >= 15 is 0 Å². The molecule has 0 saturated carbocycles. The highest BCUT2D eigenvalue weighted by molar-refractivity contribution is 7.99. The van der Waals surface area contributed by atoms with Crippen LogP contribution in [-0.2, 0) is 4.79 Å². The number of rotatable bonds is 7. The number of aromatic nitrogens is 2. The summed E-state index contributed by atoms with van der Waals surface area (Å²) < 4.78 is 5.73. The number of hydrogen-bond donors (Lipinski definition) is 2. The van der Waals surface area contributed by atoms with Gasteiger partial charge in [0.05, 0.1) is 5.75 Å². The highest BCUT2D eigenvalue weighted by Gasteiger charge is 2.21. The third-order valence-corrected chi connectivity index (χ3v) is 5.05. The van der Waals surface area contributed by atoms with Crippen molar-refractivity contribution >= 4 is 29.3 Å². The Morgan fingerprint density at radius 2 is 1.74 bits per heavy atom. The Bertz CT molecular complexity index is 733. The van der Waals surface area contributed by atoms with E-state index < -0.39 is 0 Å². The minimum atomic E-state index is 0.0739. The van der Waals surface area contributed by atoms with E-state index in [0.717, 1.165) is 25.4 Å². The van der Waals surface area contributed by atoms with Crippen molar-refractivity contribution in [3.8, 4) is 5.75 Å². The number of benzene rings is 1. The number of thioether (sulfide) groups is 1. The molecule has 0 bridgehead atoms.